The second-order valence-corrected chi connectivity index (χ2v) is 4.42. The zero-order chi connectivity index (χ0) is 12.7. The zero-order valence-electron chi connectivity index (χ0n) is 9.01. The molecule has 0 aliphatic carbocycles. The number of halogens is 3. The maximum absolute atomic E-state index is 12.9. The average molecular weight is 325 g/mol. The highest BCUT2D eigenvalue weighted by Gasteiger charge is 2.07. The van der Waals surface area contributed by atoms with Gasteiger partial charge in [0.1, 0.15) is 5.82 Å². The largest absolute Gasteiger partial charge is 0.378 e. The van der Waals surface area contributed by atoms with Crippen LogP contribution in [0.25, 0.3) is 0 Å². The van der Waals surface area contributed by atoms with Crippen molar-refractivity contribution in [3.05, 3.63) is 34.1 Å². The number of benzene rings is 1. The van der Waals surface area contributed by atoms with Gasteiger partial charge in [0.05, 0.1) is 17.7 Å². The summed E-state index contributed by atoms with van der Waals surface area (Å²) >= 11 is 8.44. The molecule has 1 aromatic rings. The van der Waals surface area contributed by atoms with Crippen LogP contribution in [0.3, 0.4) is 0 Å². The van der Waals surface area contributed by atoms with Crippen molar-refractivity contribution in [3.63, 3.8) is 0 Å². The molecule has 0 fully saturated rings. The van der Waals surface area contributed by atoms with E-state index in [1.807, 2.05) is 0 Å². The van der Waals surface area contributed by atoms with E-state index in [1.54, 1.807) is 0 Å². The van der Waals surface area contributed by atoms with Crippen molar-refractivity contribution in [3.8, 4) is 0 Å². The topological polar surface area (TPSA) is 38.3 Å². The van der Waals surface area contributed by atoms with Gasteiger partial charge < -0.3 is 10.1 Å². The summed E-state index contributed by atoms with van der Waals surface area (Å²) < 4.78 is 18.3. The summed E-state index contributed by atoms with van der Waals surface area (Å²) in [5.41, 5.74) is 0.399. The van der Waals surface area contributed by atoms with Gasteiger partial charge in [0.2, 0.25) is 0 Å². The molecule has 17 heavy (non-hydrogen) atoms. The monoisotopic (exact) mass is 323 g/mol. The van der Waals surface area contributed by atoms with E-state index in [1.165, 1.54) is 18.2 Å². The summed E-state index contributed by atoms with van der Waals surface area (Å²) in [6, 6.07) is 4.10. The Labute approximate surface area is 112 Å². The summed E-state index contributed by atoms with van der Waals surface area (Å²) in [5, 5.41) is 2.65. The highest BCUT2D eigenvalue weighted by molar-refractivity contribution is 9.10. The molecule has 0 unspecified atom stereocenters. The molecular weight excluding hydrogens is 312 g/mol. The lowest BCUT2D eigenvalue weighted by atomic mass is 10.2. The van der Waals surface area contributed by atoms with Crippen LogP contribution < -0.4 is 5.32 Å². The lowest BCUT2D eigenvalue weighted by Crippen LogP contribution is -2.27. The fraction of sp³-hybridized carbons (Fsp3) is 0.364. The molecule has 0 bridgehead atoms. The van der Waals surface area contributed by atoms with E-state index in [-0.39, 0.29) is 10.4 Å². The number of alkyl halides is 1. The first kappa shape index (κ1) is 14.4. The summed E-state index contributed by atoms with van der Waals surface area (Å²) in [6.07, 6.45) is 0. The minimum absolute atomic E-state index is 0.264. The lowest BCUT2D eigenvalue weighted by molar-refractivity contribution is 0.0923. The molecule has 0 saturated carbocycles. The fourth-order valence-corrected chi connectivity index (χ4v) is 1.62. The number of hydrogen-bond acceptors (Lipinski definition) is 2. The molecule has 6 heteroatoms. The number of nitrogens with one attached hydrogen (secondary N) is 1. The Morgan fingerprint density at radius 3 is 2.88 bits per heavy atom. The van der Waals surface area contributed by atoms with Gasteiger partial charge in [-0.1, -0.05) is 0 Å². The standard InChI is InChI=1S/C11H12BrClFNO2/c12-9-7-8(1-2-10(9)14)11(16)15-4-6-17-5-3-13/h1-2,7H,3-6H2,(H,15,16). The number of rotatable bonds is 6. The van der Waals surface area contributed by atoms with E-state index >= 15 is 0 Å². The van der Waals surface area contributed by atoms with Gasteiger partial charge in [0.25, 0.3) is 5.91 Å². The third-order valence-corrected chi connectivity index (χ3v) is 2.70. The molecule has 0 heterocycles. The smallest absolute Gasteiger partial charge is 0.251 e. The van der Waals surface area contributed by atoms with Crippen LogP contribution in [0.1, 0.15) is 10.4 Å². The fourth-order valence-electron chi connectivity index (χ4n) is 1.13. The van der Waals surface area contributed by atoms with E-state index in [0.29, 0.717) is 31.2 Å². The first-order chi connectivity index (χ1) is 8.15. The molecule has 0 aromatic heterocycles. The molecule has 1 rings (SSSR count). The van der Waals surface area contributed by atoms with E-state index in [9.17, 15) is 9.18 Å². The molecule has 0 aliphatic rings. The highest BCUT2D eigenvalue weighted by Crippen LogP contribution is 2.16. The van der Waals surface area contributed by atoms with E-state index in [0.717, 1.165) is 0 Å². The predicted molar refractivity (Wildman–Crippen MR) is 68.0 cm³/mol. The van der Waals surface area contributed by atoms with Gasteiger partial charge in [0, 0.05) is 18.0 Å². The molecule has 3 nitrogen and oxygen atoms in total. The Kier molecular flexibility index (Phi) is 6.47. The molecule has 0 radical (unpaired) electrons. The molecule has 0 spiro atoms. The molecule has 0 atom stereocenters. The van der Waals surface area contributed by atoms with Crippen LogP contribution in [-0.2, 0) is 4.74 Å². The Morgan fingerprint density at radius 2 is 2.24 bits per heavy atom. The lowest BCUT2D eigenvalue weighted by Gasteiger charge is -2.06. The summed E-state index contributed by atoms with van der Waals surface area (Å²) in [5.74, 6) is -0.231. The van der Waals surface area contributed by atoms with Crippen LogP contribution in [0.2, 0.25) is 0 Å². The predicted octanol–water partition coefficient (Wildman–Crippen LogP) is 2.57. The minimum Gasteiger partial charge on any atom is -0.378 e. The molecule has 94 valence electrons. The molecule has 1 aromatic carbocycles. The van der Waals surface area contributed by atoms with E-state index in [4.69, 9.17) is 16.3 Å². The Hall–Kier alpha value is -0.650. The van der Waals surface area contributed by atoms with Crippen molar-refractivity contribution in [1.29, 1.82) is 0 Å². The third kappa shape index (κ3) is 5.02. The zero-order valence-corrected chi connectivity index (χ0v) is 11.4. The number of ether oxygens (including phenoxy) is 1. The van der Waals surface area contributed by atoms with Gasteiger partial charge in [-0.25, -0.2) is 4.39 Å². The van der Waals surface area contributed by atoms with Crippen LogP contribution in [0.4, 0.5) is 4.39 Å². The van der Waals surface area contributed by atoms with Crippen molar-refractivity contribution < 1.29 is 13.9 Å². The first-order valence-corrected chi connectivity index (χ1v) is 6.35. The van der Waals surface area contributed by atoms with Crippen LogP contribution in [0, 0.1) is 5.82 Å². The van der Waals surface area contributed by atoms with Gasteiger partial charge in [0.15, 0.2) is 0 Å². The molecular formula is C11H12BrClFNO2. The number of hydrogen-bond donors (Lipinski definition) is 1. The van der Waals surface area contributed by atoms with Crippen molar-refractivity contribution in [2.75, 3.05) is 25.6 Å². The minimum atomic E-state index is -0.396. The molecule has 1 amide bonds. The Balaban J connectivity index is 2.39. The van der Waals surface area contributed by atoms with Gasteiger partial charge in [-0.15, -0.1) is 11.6 Å². The first-order valence-electron chi connectivity index (χ1n) is 5.02. The van der Waals surface area contributed by atoms with Gasteiger partial charge >= 0.3 is 0 Å². The number of amides is 1. The average Bonchev–Trinajstić information content (AvgIpc) is 2.32. The van der Waals surface area contributed by atoms with Crippen LogP contribution in [0.15, 0.2) is 22.7 Å². The second kappa shape index (κ2) is 7.63. The summed E-state index contributed by atoms with van der Waals surface area (Å²) in [6.45, 7) is 1.26. The van der Waals surface area contributed by atoms with Gasteiger partial charge in [-0.05, 0) is 34.1 Å². The maximum atomic E-state index is 12.9. The number of carbonyl (C=O) groups is 1. The normalized spacial score (nSPS) is 10.3. The van der Waals surface area contributed by atoms with Crippen molar-refractivity contribution in [2.45, 2.75) is 0 Å². The van der Waals surface area contributed by atoms with Crippen molar-refractivity contribution in [1.82, 2.24) is 5.32 Å². The number of carbonyl (C=O) groups excluding carboxylic acids is 1. The van der Waals surface area contributed by atoms with E-state index in [2.05, 4.69) is 21.2 Å². The third-order valence-electron chi connectivity index (χ3n) is 1.94. The molecule has 1 N–H and O–H groups in total. The second-order valence-electron chi connectivity index (χ2n) is 3.19. The van der Waals surface area contributed by atoms with Crippen LogP contribution >= 0.6 is 27.5 Å². The Bertz CT molecular complexity index is 390. The van der Waals surface area contributed by atoms with E-state index < -0.39 is 5.82 Å². The maximum Gasteiger partial charge on any atom is 0.251 e. The highest BCUT2D eigenvalue weighted by atomic mass is 79.9. The van der Waals surface area contributed by atoms with Crippen LogP contribution in [0.5, 0.6) is 0 Å². The molecule has 0 aliphatic heterocycles. The summed E-state index contributed by atoms with van der Waals surface area (Å²) in [7, 11) is 0. The van der Waals surface area contributed by atoms with Crippen LogP contribution in [-0.4, -0.2) is 31.5 Å². The van der Waals surface area contributed by atoms with Crippen molar-refractivity contribution >= 4 is 33.4 Å². The SMILES string of the molecule is O=C(NCCOCCCl)c1ccc(F)c(Br)c1. The quantitative estimate of drug-likeness (QED) is 0.645. The summed E-state index contributed by atoms with van der Waals surface area (Å²) in [4.78, 5) is 11.6. The molecule has 0 saturated heterocycles. The Morgan fingerprint density at radius 1 is 1.47 bits per heavy atom. The van der Waals surface area contributed by atoms with Crippen molar-refractivity contribution in [2.24, 2.45) is 0 Å². The van der Waals surface area contributed by atoms with Gasteiger partial charge in [-0.3, -0.25) is 4.79 Å². The van der Waals surface area contributed by atoms with Gasteiger partial charge in [-0.2, -0.15) is 0 Å².